The van der Waals surface area contributed by atoms with Crippen molar-refractivity contribution in [2.75, 3.05) is 13.7 Å². The van der Waals surface area contributed by atoms with Crippen LogP contribution >= 0.6 is 35.3 Å². The first-order valence-corrected chi connectivity index (χ1v) is 9.78. The minimum absolute atomic E-state index is 0. The maximum absolute atomic E-state index is 6.43. The Morgan fingerprint density at radius 1 is 1.04 bits per heavy atom. The van der Waals surface area contributed by atoms with Crippen LogP contribution in [0.1, 0.15) is 16.0 Å². The molecule has 0 aliphatic carbocycles. The van der Waals surface area contributed by atoms with Crippen molar-refractivity contribution < 1.29 is 9.47 Å². The zero-order valence-electron chi connectivity index (χ0n) is 15.1. The summed E-state index contributed by atoms with van der Waals surface area (Å²) in [4.78, 5) is 1.15. The van der Waals surface area contributed by atoms with Gasteiger partial charge in [-0.15, -0.1) is 23.7 Å². The van der Waals surface area contributed by atoms with E-state index in [1.54, 1.807) is 18.4 Å². The van der Waals surface area contributed by atoms with Crippen LogP contribution in [0, 0.1) is 0 Å². The Kier molecular flexibility index (Phi) is 8.95. The minimum Gasteiger partial charge on any atom is -0.493 e. The van der Waals surface area contributed by atoms with Crippen LogP contribution in [0.15, 0.2) is 60.0 Å². The van der Waals surface area contributed by atoms with Gasteiger partial charge < -0.3 is 14.8 Å². The number of nitrogens with one attached hydrogen (secondary N) is 1. The van der Waals surface area contributed by atoms with Crippen molar-refractivity contribution in [2.24, 2.45) is 0 Å². The van der Waals surface area contributed by atoms with Gasteiger partial charge >= 0.3 is 0 Å². The van der Waals surface area contributed by atoms with Crippen molar-refractivity contribution in [3.05, 3.63) is 81.0 Å². The Labute approximate surface area is 175 Å². The molecule has 2 aromatic carbocycles. The average Bonchev–Trinajstić information content (AvgIpc) is 3.18. The molecule has 144 valence electrons. The number of ether oxygens (including phenoxy) is 2. The van der Waals surface area contributed by atoms with Gasteiger partial charge in [0.1, 0.15) is 6.61 Å². The molecule has 27 heavy (non-hydrogen) atoms. The lowest BCUT2D eigenvalue weighted by atomic mass is 10.1. The molecule has 1 N–H and O–H groups in total. The van der Waals surface area contributed by atoms with E-state index in [2.05, 4.69) is 29.6 Å². The van der Waals surface area contributed by atoms with Crippen molar-refractivity contribution >= 4 is 35.3 Å². The van der Waals surface area contributed by atoms with Crippen molar-refractivity contribution in [1.29, 1.82) is 0 Å². The molecule has 0 amide bonds. The summed E-state index contributed by atoms with van der Waals surface area (Å²) < 4.78 is 11.4. The predicted molar refractivity (Wildman–Crippen MR) is 116 cm³/mol. The van der Waals surface area contributed by atoms with Crippen molar-refractivity contribution in [2.45, 2.75) is 19.6 Å². The number of hydrogen-bond donors (Lipinski definition) is 1. The Hall–Kier alpha value is -1.72. The summed E-state index contributed by atoms with van der Waals surface area (Å²) in [6.45, 7) is 2.12. The van der Waals surface area contributed by atoms with Crippen molar-refractivity contribution in [3.8, 4) is 11.5 Å². The largest absolute Gasteiger partial charge is 0.493 e. The standard InChI is InChI=1S/C21H22ClNO2S.ClH/c1-24-20-13-17(14-23-10-9-16-6-3-2-4-7-16)12-19(22)21(20)25-15-18-8-5-11-26-18;/h2-8,11-13,23H,9-10,14-15H2,1H3;1H. The molecule has 3 nitrogen and oxygen atoms in total. The molecule has 0 fully saturated rings. The van der Waals surface area contributed by atoms with Crippen LogP contribution in [0.3, 0.4) is 0 Å². The van der Waals surface area contributed by atoms with E-state index in [4.69, 9.17) is 21.1 Å². The Morgan fingerprint density at radius 2 is 1.85 bits per heavy atom. The summed E-state index contributed by atoms with van der Waals surface area (Å²) in [7, 11) is 1.64. The van der Waals surface area contributed by atoms with E-state index >= 15 is 0 Å². The van der Waals surface area contributed by atoms with Crippen LogP contribution in [0.4, 0.5) is 0 Å². The zero-order chi connectivity index (χ0) is 18.2. The monoisotopic (exact) mass is 423 g/mol. The van der Waals surface area contributed by atoms with Crippen molar-refractivity contribution in [1.82, 2.24) is 5.32 Å². The second-order valence-electron chi connectivity index (χ2n) is 5.89. The highest BCUT2D eigenvalue weighted by atomic mass is 35.5. The second-order valence-corrected chi connectivity index (χ2v) is 7.33. The molecular weight excluding hydrogens is 401 g/mol. The maximum atomic E-state index is 6.43. The predicted octanol–water partition coefficient (Wildman–Crippen LogP) is 5.74. The lowest BCUT2D eigenvalue weighted by molar-refractivity contribution is 0.287. The fourth-order valence-electron chi connectivity index (χ4n) is 2.66. The number of hydrogen-bond acceptors (Lipinski definition) is 4. The lowest BCUT2D eigenvalue weighted by Gasteiger charge is -2.14. The molecule has 0 bridgehead atoms. The van der Waals surface area contributed by atoms with Crippen LogP contribution in [0.2, 0.25) is 5.02 Å². The molecule has 0 radical (unpaired) electrons. The summed E-state index contributed by atoms with van der Waals surface area (Å²) in [6, 6.07) is 18.4. The van der Waals surface area contributed by atoms with Crippen LogP contribution in [0.5, 0.6) is 11.5 Å². The van der Waals surface area contributed by atoms with Gasteiger partial charge in [-0.3, -0.25) is 0 Å². The first kappa shape index (κ1) is 21.6. The van der Waals surface area contributed by atoms with E-state index < -0.39 is 0 Å². The smallest absolute Gasteiger partial charge is 0.180 e. The van der Waals surface area contributed by atoms with Crippen LogP contribution in [-0.4, -0.2) is 13.7 Å². The highest BCUT2D eigenvalue weighted by Crippen LogP contribution is 2.37. The zero-order valence-corrected chi connectivity index (χ0v) is 17.5. The quantitative estimate of drug-likeness (QED) is 0.444. The number of benzene rings is 2. The van der Waals surface area contributed by atoms with Gasteiger partial charge in [-0.1, -0.05) is 48.0 Å². The van der Waals surface area contributed by atoms with Crippen molar-refractivity contribution in [3.63, 3.8) is 0 Å². The molecule has 0 spiro atoms. The highest BCUT2D eigenvalue weighted by molar-refractivity contribution is 7.09. The van der Waals surface area contributed by atoms with Gasteiger partial charge in [0.05, 0.1) is 12.1 Å². The summed E-state index contributed by atoms with van der Waals surface area (Å²) in [6.07, 6.45) is 0.994. The number of methoxy groups -OCH3 is 1. The molecule has 0 aliphatic rings. The lowest BCUT2D eigenvalue weighted by Crippen LogP contribution is -2.16. The fraction of sp³-hybridized carbons (Fsp3) is 0.238. The summed E-state index contributed by atoms with van der Waals surface area (Å²) in [5.74, 6) is 1.25. The van der Waals surface area contributed by atoms with E-state index in [-0.39, 0.29) is 12.4 Å². The number of thiophene rings is 1. The van der Waals surface area contributed by atoms with Gasteiger partial charge in [0.2, 0.25) is 0 Å². The van der Waals surface area contributed by atoms with Gasteiger partial charge in [-0.05, 0) is 47.7 Å². The molecule has 1 aromatic heterocycles. The van der Waals surface area contributed by atoms with E-state index in [1.807, 2.05) is 35.7 Å². The van der Waals surface area contributed by atoms with E-state index in [0.717, 1.165) is 30.0 Å². The average molecular weight is 424 g/mol. The molecule has 0 unspecified atom stereocenters. The van der Waals surface area contributed by atoms with Gasteiger partial charge in [-0.2, -0.15) is 0 Å². The first-order chi connectivity index (χ1) is 12.8. The van der Waals surface area contributed by atoms with Gasteiger partial charge in [0, 0.05) is 11.4 Å². The molecule has 0 atom stereocenters. The topological polar surface area (TPSA) is 30.5 Å². The Morgan fingerprint density at radius 3 is 2.56 bits per heavy atom. The first-order valence-electron chi connectivity index (χ1n) is 8.52. The fourth-order valence-corrected chi connectivity index (χ4v) is 3.57. The van der Waals surface area contributed by atoms with Crippen LogP contribution in [0.25, 0.3) is 0 Å². The summed E-state index contributed by atoms with van der Waals surface area (Å²) in [5, 5.41) is 6.05. The van der Waals surface area contributed by atoms with E-state index in [0.29, 0.717) is 23.1 Å². The van der Waals surface area contributed by atoms with E-state index in [1.165, 1.54) is 5.56 Å². The Bertz CT molecular complexity index is 811. The molecular formula is C21H23Cl2NO2S. The second kappa shape index (κ2) is 11.2. The van der Waals surface area contributed by atoms with Gasteiger partial charge in [0.25, 0.3) is 0 Å². The van der Waals surface area contributed by atoms with Gasteiger partial charge in [0.15, 0.2) is 11.5 Å². The summed E-state index contributed by atoms with van der Waals surface area (Å²) >= 11 is 8.09. The van der Waals surface area contributed by atoms with E-state index in [9.17, 15) is 0 Å². The number of halogens is 2. The summed E-state index contributed by atoms with van der Waals surface area (Å²) in [5.41, 5.74) is 2.40. The molecule has 6 heteroatoms. The maximum Gasteiger partial charge on any atom is 0.180 e. The SMILES string of the molecule is COc1cc(CNCCc2ccccc2)cc(Cl)c1OCc1cccs1.Cl. The number of rotatable bonds is 9. The molecule has 0 saturated carbocycles. The molecule has 0 aliphatic heterocycles. The third-order valence-electron chi connectivity index (χ3n) is 3.99. The highest BCUT2D eigenvalue weighted by Gasteiger charge is 2.12. The molecule has 1 heterocycles. The molecule has 0 saturated heterocycles. The minimum atomic E-state index is 0. The molecule has 3 aromatic rings. The van der Waals surface area contributed by atoms with Gasteiger partial charge in [-0.25, -0.2) is 0 Å². The van der Waals surface area contributed by atoms with Crippen LogP contribution in [-0.2, 0) is 19.6 Å². The normalized spacial score (nSPS) is 10.3. The van der Waals surface area contributed by atoms with Crippen LogP contribution < -0.4 is 14.8 Å². The molecule has 3 rings (SSSR count). The third kappa shape index (κ3) is 6.43. The third-order valence-corrected chi connectivity index (χ3v) is 5.12. The Balaban J connectivity index is 0.00000261.